The standard InChI is InChI=1S/C11H12N4O/c1-2-10(15-3-5-16-6-4-15)7-11-9(1)8-12-14-13-11/h1-2,7-8H,3-6H2. The highest BCUT2D eigenvalue weighted by Gasteiger charge is 2.11. The summed E-state index contributed by atoms with van der Waals surface area (Å²) >= 11 is 0. The Bertz CT molecular complexity index is 496. The molecule has 0 aliphatic carbocycles. The first kappa shape index (κ1) is 9.47. The fourth-order valence-corrected chi connectivity index (χ4v) is 1.91. The van der Waals surface area contributed by atoms with Crippen molar-refractivity contribution in [2.45, 2.75) is 0 Å². The lowest BCUT2D eigenvalue weighted by Gasteiger charge is -2.28. The van der Waals surface area contributed by atoms with Crippen molar-refractivity contribution in [3.63, 3.8) is 0 Å². The van der Waals surface area contributed by atoms with Gasteiger partial charge in [0.1, 0.15) is 0 Å². The zero-order valence-corrected chi connectivity index (χ0v) is 8.83. The Morgan fingerprint density at radius 2 is 2.06 bits per heavy atom. The molecule has 5 heteroatoms. The number of hydrogen-bond acceptors (Lipinski definition) is 5. The van der Waals surface area contributed by atoms with Crippen molar-refractivity contribution < 1.29 is 4.74 Å². The normalized spacial score (nSPS) is 16.6. The smallest absolute Gasteiger partial charge is 0.0984 e. The van der Waals surface area contributed by atoms with Crippen molar-refractivity contribution in [2.75, 3.05) is 31.2 Å². The van der Waals surface area contributed by atoms with E-state index in [0.29, 0.717) is 0 Å². The first-order valence-corrected chi connectivity index (χ1v) is 5.34. The van der Waals surface area contributed by atoms with E-state index in [1.54, 1.807) is 6.20 Å². The van der Waals surface area contributed by atoms with Crippen molar-refractivity contribution in [1.82, 2.24) is 15.4 Å². The number of benzene rings is 1. The molecule has 0 bridgehead atoms. The Morgan fingerprint density at radius 1 is 1.19 bits per heavy atom. The van der Waals surface area contributed by atoms with E-state index in [1.807, 2.05) is 6.07 Å². The Kier molecular flexibility index (Phi) is 2.38. The Balaban J connectivity index is 1.97. The number of ether oxygens (including phenoxy) is 1. The summed E-state index contributed by atoms with van der Waals surface area (Å²) < 4.78 is 5.33. The monoisotopic (exact) mass is 216 g/mol. The lowest BCUT2D eigenvalue weighted by atomic mass is 10.2. The van der Waals surface area contributed by atoms with Crippen LogP contribution < -0.4 is 4.90 Å². The first-order chi connectivity index (χ1) is 7.93. The van der Waals surface area contributed by atoms with Gasteiger partial charge >= 0.3 is 0 Å². The average Bonchev–Trinajstić information content (AvgIpc) is 2.39. The number of nitrogens with zero attached hydrogens (tertiary/aromatic N) is 4. The summed E-state index contributed by atoms with van der Waals surface area (Å²) in [6, 6.07) is 6.17. The topological polar surface area (TPSA) is 51.1 Å². The number of morpholine rings is 1. The third kappa shape index (κ3) is 1.69. The van der Waals surface area contributed by atoms with Gasteiger partial charge in [0, 0.05) is 24.2 Å². The fourth-order valence-electron chi connectivity index (χ4n) is 1.91. The molecule has 1 aromatic carbocycles. The van der Waals surface area contributed by atoms with E-state index in [1.165, 1.54) is 5.69 Å². The second-order valence-electron chi connectivity index (χ2n) is 3.78. The molecule has 1 aliphatic rings. The molecule has 1 aliphatic heterocycles. The molecule has 0 saturated carbocycles. The van der Waals surface area contributed by atoms with Crippen molar-refractivity contribution in [2.24, 2.45) is 0 Å². The van der Waals surface area contributed by atoms with Crippen molar-refractivity contribution >= 4 is 16.6 Å². The minimum absolute atomic E-state index is 0.792. The van der Waals surface area contributed by atoms with Gasteiger partial charge in [0.2, 0.25) is 0 Å². The summed E-state index contributed by atoms with van der Waals surface area (Å²) in [6.07, 6.45) is 1.73. The van der Waals surface area contributed by atoms with Gasteiger partial charge < -0.3 is 9.64 Å². The minimum Gasteiger partial charge on any atom is -0.378 e. The molecule has 82 valence electrons. The van der Waals surface area contributed by atoms with Crippen LogP contribution in [-0.2, 0) is 4.74 Å². The molecule has 0 unspecified atom stereocenters. The summed E-state index contributed by atoms with van der Waals surface area (Å²) in [5, 5.41) is 12.5. The summed E-state index contributed by atoms with van der Waals surface area (Å²) in [5.74, 6) is 0. The second-order valence-corrected chi connectivity index (χ2v) is 3.78. The molecule has 16 heavy (non-hydrogen) atoms. The number of rotatable bonds is 1. The van der Waals surface area contributed by atoms with Gasteiger partial charge in [-0.25, -0.2) is 0 Å². The fraction of sp³-hybridized carbons (Fsp3) is 0.364. The van der Waals surface area contributed by atoms with Crippen LogP contribution in [0.25, 0.3) is 10.9 Å². The molecule has 1 saturated heterocycles. The lowest BCUT2D eigenvalue weighted by molar-refractivity contribution is 0.122. The predicted molar refractivity (Wildman–Crippen MR) is 60.4 cm³/mol. The van der Waals surface area contributed by atoms with Gasteiger partial charge in [-0.05, 0) is 23.4 Å². The van der Waals surface area contributed by atoms with Gasteiger partial charge in [-0.15, -0.1) is 10.2 Å². The number of aromatic nitrogens is 3. The Labute approximate surface area is 93.0 Å². The maximum atomic E-state index is 5.33. The molecule has 2 aromatic rings. The second kappa shape index (κ2) is 4.02. The molecule has 0 N–H and O–H groups in total. The Morgan fingerprint density at radius 3 is 2.94 bits per heavy atom. The molecule has 0 amide bonds. The van der Waals surface area contributed by atoms with Gasteiger partial charge in [-0.2, -0.15) is 0 Å². The van der Waals surface area contributed by atoms with Gasteiger partial charge in [0.05, 0.1) is 24.9 Å². The minimum atomic E-state index is 0.792. The molecule has 1 fully saturated rings. The average molecular weight is 216 g/mol. The third-order valence-electron chi connectivity index (χ3n) is 2.79. The van der Waals surface area contributed by atoms with Crippen LogP contribution in [0.1, 0.15) is 0 Å². The highest BCUT2D eigenvalue weighted by molar-refractivity contribution is 5.81. The molecular formula is C11H12N4O. The summed E-state index contributed by atoms with van der Waals surface area (Å²) in [4.78, 5) is 2.30. The summed E-state index contributed by atoms with van der Waals surface area (Å²) in [7, 11) is 0. The molecule has 2 heterocycles. The third-order valence-corrected chi connectivity index (χ3v) is 2.79. The lowest BCUT2D eigenvalue weighted by Crippen LogP contribution is -2.36. The zero-order valence-electron chi connectivity index (χ0n) is 8.83. The van der Waals surface area contributed by atoms with Crippen LogP contribution in [-0.4, -0.2) is 41.7 Å². The van der Waals surface area contributed by atoms with Crippen LogP contribution in [0.15, 0.2) is 24.4 Å². The van der Waals surface area contributed by atoms with Crippen molar-refractivity contribution in [3.05, 3.63) is 24.4 Å². The van der Waals surface area contributed by atoms with E-state index >= 15 is 0 Å². The number of fused-ring (bicyclic) bond motifs is 1. The molecule has 5 nitrogen and oxygen atoms in total. The first-order valence-electron chi connectivity index (χ1n) is 5.34. The summed E-state index contributed by atoms with van der Waals surface area (Å²) in [5.41, 5.74) is 2.07. The SMILES string of the molecule is c1cc2cnnnc2cc1N1CCOCC1. The Hall–Kier alpha value is -1.75. The number of hydrogen-bond donors (Lipinski definition) is 0. The summed E-state index contributed by atoms with van der Waals surface area (Å²) in [6.45, 7) is 3.45. The highest BCUT2D eigenvalue weighted by Crippen LogP contribution is 2.20. The van der Waals surface area contributed by atoms with E-state index in [9.17, 15) is 0 Å². The maximum Gasteiger partial charge on any atom is 0.0984 e. The molecular weight excluding hydrogens is 204 g/mol. The zero-order chi connectivity index (χ0) is 10.8. The van der Waals surface area contributed by atoms with Crippen LogP contribution in [0.5, 0.6) is 0 Å². The largest absolute Gasteiger partial charge is 0.378 e. The molecule has 1 aromatic heterocycles. The van der Waals surface area contributed by atoms with Crippen LogP contribution in [0, 0.1) is 0 Å². The van der Waals surface area contributed by atoms with E-state index in [2.05, 4.69) is 32.4 Å². The van der Waals surface area contributed by atoms with Crippen molar-refractivity contribution in [1.29, 1.82) is 0 Å². The molecule has 0 spiro atoms. The quantitative estimate of drug-likeness (QED) is 0.707. The van der Waals surface area contributed by atoms with Crippen LogP contribution >= 0.6 is 0 Å². The predicted octanol–water partition coefficient (Wildman–Crippen LogP) is 0.861. The van der Waals surface area contributed by atoms with Crippen LogP contribution in [0.2, 0.25) is 0 Å². The van der Waals surface area contributed by atoms with E-state index in [-0.39, 0.29) is 0 Å². The van der Waals surface area contributed by atoms with E-state index < -0.39 is 0 Å². The number of anilines is 1. The van der Waals surface area contributed by atoms with E-state index in [0.717, 1.165) is 37.2 Å². The highest BCUT2D eigenvalue weighted by atomic mass is 16.5. The van der Waals surface area contributed by atoms with Crippen molar-refractivity contribution in [3.8, 4) is 0 Å². The molecule has 0 radical (unpaired) electrons. The van der Waals surface area contributed by atoms with Gasteiger partial charge in [0.15, 0.2) is 0 Å². The molecule has 0 atom stereocenters. The van der Waals surface area contributed by atoms with Gasteiger partial charge in [0.25, 0.3) is 0 Å². The molecule has 3 rings (SSSR count). The van der Waals surface area contributed by atoms with E-state index in [4.69, 9.17) is 4.74 Å². The van der Waals surface area contributed by atoms with Crippen LogP contribution in [0.3, 0.4) is 0 Å². The van der Waals surface area contributed by atoms with Gasteiger partial charge in [-0.1, -0.05) is 0 Å². The maximum absolute atomic E-state index is 5.33. The van der Waals surface area contributed by atoms with Crippen LogP contribution in [0.4, 0.5) is 5.69 Å². The van der Waals surface area contributed by atoms with Gasteiger partial charge in [-0.3, -0.25) is 0 Å².